The van der Waals surface area contributed by atoms with Crippen molar-refractivity contribution >= 4 is 15.9 Å². The smallest absolute Gasteiger partial charge is 0.252 e. The molecule has 1 aliphatic heterocycles. The first-order valence-corrected chi connectivity index (χ1v) is 10.9. The fraction of sp³-hybridized carbons (Fsp3) is 0.381. The third-order valence-corrected chi connectivity index (χ3v) is 7.49. The number of rotatable bonds is 4. The van der Waals surface area contributed by atoms with E-state index in [0.717, 1.165) is 36.8 Å². The lowest BCUT2D eigenvalue weighted by Crippen LogP contribution is -2.30. The van der Waals surface area contributed by atoms with Crippen molar-refractivity contribution in [2.75, 3.05) is 13.1 Å². The molecule has 2 aliphatic rings. The minimum atomic E-state index is -3.53. The van der Waals surface area contributed by atoms with Gasteiger partial charge in [-0.1, -0.05) is 30.3 Å². The van der Waals surface area contributed by atoms with Crippen molar-refractivity contribution in [3.8, 4) is 0 Å². The second-order valence-corrected chi connectivity index (χ2v) is 9.29. The molecule has 1 atom stereocenters. The summed E-state index contributed by atoms with van der Waals surface area (Å²) in [4.78, 5) is 13.1. The van der Waals surface area contributed by atoms with E-state index in [1.54, 1.807) is 12.1 Å². The molecule has 1 unspecified atom stereocenters. The quantitative estimate of drug-likeness (QED) is 0.880. The number of benzene rings is 2. The van der Waals surface area contributed by atoms with Crippen molar-refractivity contribution in [3.63, 3.8) is 0 Å². The number of amides is 1. The van der Waals surface area contributed by atoms with Gasteiger partial charge in [-0.3, -0.25) is 4.79 Å². The molecule has 27 heavy (non-hydrogen) atoms. The number of sulfonamides is 1. The minimum Gasteiger partial charge on any atom is -0.345 e. The van der Waals surface area contributed by atoms with Crippen LogP contribution in [0, 0.1) is 6.92 Å². The van der Waals surface area contributed by atoms with Crippen LogP contribution in [0.5, 0.6) is 0 Å². The molecule has 2 aromatic carbocycles. The van der Waals surface area contributed by atoms with E-state index in [2.05, 4.69) is 11.4 Å². The average molecular weight is 385 g/mol. The lowest BCUT2D eigenvalue weighted by Gasteiger charge is -2.18. The van der Waals surface area contributed by atoms with E-state index < -0.39 is 10.0 Å². The van der Waals surface area contributed by atoms with Gasteiger partial charge in [0.25, 0.3) is 5.91 Å². The Labute approximate surface area is 160 Å². The highest BCUT2D eigenvalue weighted by molar-refractivity contribution is 7.89. The maximum Gasteiger partial charge on any atom is 0.252 e. The van der Waals surface area contributed by atoms with Crippen molar-refractivity contribution in [2.24, 2.45) is 0 Å². The predicted octanol–water partition coefficient (Wildman–Crippen LogP) is 3.20. The zero-order chi connectivity index (χ0) is 19.0. The molecule has 1 N–H and O–H groups in total. The summed E-state index contributed by atoms with van der Waals surface area (Å²) in [5.41, 5.74) is 3.63. The summed E-state index contributed by atoms with van der Waals surface area (Å²) in [5.74, 6) is -0.215. The fourth-order valence-electron chi connectivity index (χ4n) is 4.03. The highest BCUT2D eigenvalue weighted by Crippen LogP contribution is 2.31. The molecule has 1 aliphatic carbocycles. The molecule has 5 nitrogen and oxygen atoms in total. The van der Waals surface area contributed by atoms with Gasteiger partial charge in [0.15, 0.2) is 0 Å². The molecule has 2 aromatic rings. The first-order valence-electron chi connectivity index (χ1n) is 9.46. The van der Waals surface area contributed by atoms with Gasteiger partial charge in [0, 0.05) is 18.7 Å². The van der Waals surface area contributed by atoms with E-state index in [9.17, 15) is 13.2 Å². The molecule has 1 heterocycles. The van der Waals surface area contributed by atoms with E-state index >= 15 is 0 Å². The Balaban J connectivity index is 1.59. The van der Waals surface area contributed by atoms with Gasteiger partial charge in [-0.05, 0) is 61.4 Å². The van der Waals surface area contributed by atoms with Crippen LogP contribution in [0.3, 0.4) is 0 Å². The Morgan fingerprint density at radius 1 is 1.11 bits per heavy atom. The molecule has 0 radical (unpaired) electrons. The predicted molar refractivity (Wildman–Crippen MR) is 104 cm³/mol. The molecule has 0 bridgehead atoms. The SMILES string of the molecule is Cc1ccc(S(=O)(=O)N2CCCC2)cc1C(=O)NC1CCc2ccccc21. The maximum atomic E-state index is 12.9. The van der Waals surface area contributed by atoms with Crippen LogP contribution in [0.4, 0.5) is 0 Å². The summed E-state index contributed by atoms with van der Waals surface area (Å²) >= 11 is 0. The van der Waals surface area contributed by atoms with Crippen LogP contribution in [-0.2, 0) is 16.4 Å². The summed E-state index contributed by atoms with van der Waals surface area (Å²) in [6.45, 7) is 2.94. The maximum absolute atomic E-state index is 12.9. The van der Waals surface area contributed by atoms with Gasteiger partial charge in [0.1, 0.15) is 0 Å². The number of carbonyl (C=O) groups excluding carboxylic acids is 1. The van der Waals surface area contributed by atoms with Gasteiger partial charge >= 0.3 is 0 Å². The summed E-state index contributed by atoms with van der Waals surface area (Å²) in [6, 6.07) is 13.0. The Morgan fingerprint density at radius 3 is 2.63 bits per heavy atom. The van der Waals surface area contributed by atoms with E-state index in [-0.39, 0.29) is 16.8 Å². The highest BCUT2D eigenvalue weighted by atomic mass is 32.2. The molecule has 1 fully saturated rings. The van der Waals surface area contributed by atoms with Gasteiger partial charge in [-0.15, -0.1) is 0 Å². The topological polar surface area (TPSA) is 66.5 Å². The molecule has 0 saturated carbocycles. The Kier molecular flexibility index (Phi) is 4.78. The molecular formula is C21H24N2O3S. The van der Waals surface area contributed by atoms with Crippen LogP contribution >= 0.6 is 0 Å². The van der Waals surface area contributed by atoms with Crippen LogP contribution in [-0.4, -0.2) is 31.7 Å². The summed E-state index contributed by atoms with van der Waals surface area (Å²) < 4.78 is 27.2. The van der Waals surface area contributed by atoms with Crippen molar-refractivity contribution in [1.82, 2.24) is 9.62 Å². The van der Waals surface area contributed by atoms with Crippen LogP contribution in [0.15, 0.2) is 47.4 Å². The lowest BCUT2D eigenvalue weighted by atomic mass is 10.1. The fourth-order valence-corrected chi connectivity index (χ4v) is 5.57. The van der Waals surface area contributed by atoms with E-state index in [4.69, 9.17) is 0 Å². The molecule has 6 heteroatoms. The van der Waals surface area contributed by atoms with E-state index in [0.29, 0.717) is 18.7 Å². The minimum absolute atomic E-state index is 0.0213. The second kappa shape index (κ2) is 7.09. The normalized spacial score (nSPS) is 19.8. The largest absolute Gasteiger partial charge is 0.345 e. The molecule has 142 valence electrons. The first kappa shape index (κ1) is 18.2. The van der Waals surface area contributed by atoms with Gasteiger partial charge in [-0.25, -0.2) is 8.42 Å². The first-order chi connectivity index (χ1) is 13.0. The zero-order valence-electron chi connectivity index (χ0n) is 15.4. The number of hydrogen-bond acceptors (Lipinski definition) is 3. The third kappa shape index (κ3) is 3.39. The molecule has 1 saturated heterocycles. The van der Waals surface area contributed by atoms with Crippen molar-refractivity contribution < 1.29 is 13.2 Å². The standard InChI is InChI=1S/C21H24N2O3S/c1-15-8-10-17(27(25,26)23-12-4-5-13-23)14-19(15)21(24)22-20-11-9-16-6-2-3-7-18(16)20/h2-3,6-8,10,14,20H,4-5,9,11-13H2,1H3,(H,22,24). The molecule has 0 aromatic heterocycles. The molecule has 1 amide bonds. The number of hydrogen-bond donors (Lipinski definition) is 1. The van der Waals surface area contributed by atoms with Crippen molar-refractivity contribution in [3.05, 3.63) is 64.7 Å². The zero-order valence-corrected chi connectivity index (χ0v) is 16.3. The van der Waals surface area contributed by atoms with Gasteiger partial charge < -0.3 is 5.32 Å². The Morgan fingerprint density at radius 2 is 1.85 bits per heavy atom. The van der Waals surface area contributed by atoms with Crippen molar-refractivity contribution in [1.29, 1.82) is 0 Å². The van der Waals surface area contributed by atoms with Gasteiger partial charge in [0.2, 0.25) is 10.0 Å². The summed E-state index contributed by atoms with van der Waals surface area (Å²) in [6.07, 6.45) is 3.60. The Bertz CT molecular complexity index is 979. The number of nitrogens with zero attached hydrogens (tertiary/aromatic N) is 1. The lowest BCUT2D eigenvalue weighted by molar-refractivity contribution is 0.0936. The van der Waals surface area contributed by atoms with Crippen LogP contribution < -0.4 is 5.32 Å². The number of fused-ring (bicyclic) bond motifs is 1. The van der Waals surface area contributed by atoms with Crippen LogP contribution in [0.2, 0.25) is 0 Å². The van der Waals surface area contributed by atoms with Crippen molar-refractivity contribution in [2.45, 2.75) is 43.5 Å². The summed E-state index contributed by atoms with van der Waals surface area (Å²) in [5, 5.41) is 3.09. The molecular weight excluding hydrogens is 360 g/mol. The molecule has 0 spiro atoms. The molecule has 4 rings (SSSR count). The summed E-state index contributed by atoms with van der Waals surface area (Å²) in [7, 11) is -3.53. The van der Waals surface area contributed by atoms with Gasteiger partial charge in [0.05, 0.1) is 10.9 Å². The number of aryl methyl sites for hydroxylation is 2. The van der Waals surface area contributed by atoms with Gasteiger partial charge in [-0.2, -0.15) is 4.31 Å². The number of nitrogens with one attached hydrogen (secondary N) is 1. The number of carbonyl (C=O) groups is 1. The third-order valence-electron chi connectivity index (χ3n) is 5.59. The monoisotopic (exact) mass is 384 g/mol. The van der Waals surface area contributed by atoms with E-state index in [1.807, 2.05) is 25.1 Å². The Hall–Kier alpha value is -2.18. The van der Waals surface area contributed by atoms with E-state index in [1.165, 1.54) is 15.9 Å². The average Bonchev–Trinajstić information content (AvgIpc) is 3.33. The van der Waals surface area contributed by atoms with Crippen LogP contribution in [0.1, 0.15) is 52.4 Å². The van der Waals surface area contributed by atoms with Crippen LogP contribution in [0.25, 0.3) is 0 Å². The highest BCUT2D eigenvalue weighted by Gasteiger charge is 2.29. The second-order valence-electron chi connectivity index (χ2n) is 7.35.